The van der Waals surface area contributed by atoms with Crippen molar-refractivity contribution in [3.63, 3.8) is 0 Å². The predicted molar refractivity (Wildman–Crippen MR) is 256 cm³/mol. The van der Waals surface area contributed by atoms with Gasteiger partial charge in [0.15, 0.2) is 0 Å². The molecule has 0 bridgehead atoms. The smallest absolute Gasteiger partial charge is 0.0619 e. The van der Waals surface area contributed by atoms with Crippen molar-refractivity contribution in [1.82, 2.24) is 4.57 Å². The van der Waals surface area contributed by atoms with Crippen LogP contribution in [0.4, 0.5) is 17.1 Å². The first-order valence-corrected chi connectivity index (χ1v) is 20.8. The molecule has 0 amide bonds. The number of aryl methyl sites for hydroxylation is 4. The van der Waals surface area contributed by atoms with Crippen molar-refractivity contribution in [3.8, 4) is 50.2 Å². The van der Waals surface area contributed by atoms with Crippen LogP contribution < -0.4 is 4.90 Å². The first-order valence-electron chi connectivity index (χ1n) is 20.8. The number of hydrogen-bond acceptors (Lipinski definition) is 1. The van der Waals surface area contributed by atoms with E-state index in [4.69, 9.17) is 0 Å². The molecule has 1 aromatic heterocycles. The van der Waals surface area contributed by atoms with E-state index in [9.17, 15) is 0 Å². The number of fused-ring (bicyclic) bond motifs is 3. The standard InChI is InChI=1S/C58H46N2/c1-39-25-35-49(41(3)37-39)51-20-13-21-52(50-36-26-40(2)38-42(50)4)58(51)60-54-22-12-11-19-53(54)57-55(23-14-24-56(57)60)59(47-31-27-45(28-32-47)43-15-7-5-8-16-43)48-33-29-46(30-34-48)44-17-9-6-10-18-44/h5-38H,1-4H3. The van der Waals surface area contributed by atoms with Crippen LogP contribution in [-0.4, -0.2) is 4.57 Å². The van der Waals surface area contributed by atoms with Gasteiger partial charge in [-0.3, -0.25) is 0 Å². The molecule has 0 N–H and O–H groups in total. The second-order valence-corrected chi connectivity index (χ2v) is 16.0. The minimum absolute atomic E-state index is 1.10. The Balaban J connectivity index is 1.25. The molecule has 1 heterocycles. The lowest BCUT2D eigenvalue weighted by atomic mass is 9.90. The van der Waals surface area contributed by atoms with E-state index < -0.39 is 0 Å². The van der Waals surface area contributed by atoms with Crippen molar-refractivity contribution < 1.29 is 0 Å². The summed E-state index contributed by atoms with van der Waals surface area (Å²) in [6.45, 7) is 8.83. The molecule has 2 heteroatoms. The predicted octanol–water partition coefficient (Wildman–Crippen LogP) is 16.2. The van der Waals surface area contributed by atoms with E-state index in [0.29, 0.717) is 0 Å². The third-order valence-electron chi connectivity index (χ3n) is 12.0. The summed E-state index contributed by atoms with van der Waals surface area (Å²) in [7, 11) is 0. The van der Waals surface area contributed by atoms with Crippen molar-refractivity contribution in [3.05, 3.63) is 229 Å². The van der Waals surface area contributed by atoms with Gasteiger partial charge in [0.1, 0.15) is 0 Å². The van der Waals surface area contributed by atoms with Crippen LogP contribution in [-0.2, 0) is 0 Å². The van der Waals surface area contributed by atoms with Gasteiger partial charge >= 0.3 is 0 Å². The topological polar surface area (TPSA) is 8.17 Å². The highest BCUT2D eigenvalue weighted by Crippen LogP contribution is 2.47. The van der Waals surface area contributed by atoms with Crippen molar-refractivity contribution in [2.75, 3.05) is 4.90 Å². The molecule has 0 spiro atoms. The maximum atomic E-state index is 2.53. The van der Waals surface area contributed by atoms with Gasteiger partial charge in [-0.05, 0) is 115 Å². The Morgan fingerprint density at radius 1 is 0.350 bits per heavy atom. The summed E-state index contributed by atoms with van der Waals surface area (Å²) in [6.07, 6.45) is 0. The Hall–Kier alpha value is -7.42. The summed E-state index contributed by atoms with van der Waals surface area (Å²) < 4.78 is 2.53. The van der Waals surface area contributed by atoms with Crippen molar-refractivity contribution in [2.24, 2.45) is 0 Å². The Morgan fingerprint density at radius 2 is 0.800 bits per heavy atom. The van der Waals surface area contributed by atoms with E-state index in [-0.39, 0.29) is 0 Å². The van der Waals surface area contributed by atoms with Crippen LogP contribution in [0.25, 0.3) is 72.0 Å². The highest BCUT2D eigenvalue weighted by Gasteiger charge is 2.25. The molecule has 0 aliphatic heterocycles. The van der Waals surface area contributed by atoms with Gasteiger partial charge < -0.3 is 9.47 Å². The molecular formula is C58H46N2. The third kappa shape index (κ3) is 6.57. The average Bonchev–Trinajstić information content (AvgIpc) is 3.62. The lowest BCUT2D eigenvalue weighted by molar-refractivity contribution is 1.18. The van der Waals surface area contributed by atoms with Crippen molar-refractivity contribution in [1.29, 1.82) is 0 Å². The lowest BCUT2D eigenvalue weighted by Crippen LogP contribution is -2.10. The molecule has 10 rings (SSSR count). The van der Waals surface area contributed by atoms with Gasteiger partial charge in [0.25, 0.3) is 0 Å². The molecule has 0 radical (unpaired) electrons. The fourth-order valence-corrected chi connectivity index (χ4v) is 9.17. The van der Waals surface area contributed by atoms with E-state index in [1.165, 1.54) is 88.7 Å². The fourth-order valence-electron chi connectivity index (χ4n) is 9.17. The second-order valence-electron chi connectivity index (χ2n) is 16.0. The van der Waals surface area contributed by atoms with Gasteiger partial charge in [0.05, 0.1) is 22.4 Å². The van der Waals surface area contributed by atoms with Crippen LogP contribution in [0, 0.1) is 27.7 Å². The van der Waals surface area contributed by atoms with Gasteiger partial charge in [0, 0.05) is 33.3 Å². The van der Waals surface area contributed by atoms with Gasteiger partial charge in [-0.1, -0.05) is 175 Å². The molecule has 2 nitrogen and oxygen atoms in total. The lowest BCUT2D eigenvalue weighted by Gasteiger charge is -2.27. The minimum Gasteiger partial charge on any atom is -0.310 e. The Labute approximate surface area is 353 Å². The summed E-state index contributed by atoms with van der Waals surface area (Å²) in [5.74, 6) is 0. The number of rotatable bonds is 8. The molecule has 0 aliphatic rings. The maximum Gasteiger partial charge on any atom is 0.0619 e. The first kappa shape index (κ1) is 36.9. The summed E-state index contributed by atoms with van der Waals surface area (Å²) in [5, 5.41) is 2.41. The quantitative estimate of drug-likeness (QED) is 0.149. The first-order chi connectivity index (χ1) is 29.4. The fraction of sp³-hybridized carbons (Fsp3) is 0.0690. The monoisotopic (exact) mass is 770 g/mol. The van der Waals surface area contributed by atoms with Crippen LogP contribution in [0.3, 0.4) is 0 Å². The van der Waals surface area contributed by atoms with Crippen LogP contribution in [0.5, 0.6) is 0 Å². The molecule has 0 saturated heterocycles. The Kier molecular flexibility index (Phi) is 9.47. The number of benzene rings is 9. The van der Waals surface area contributed by atoms with Crippen molar-refractivity contribution >= 4 is 38.9 Å². The molecule has 0 aliphatic carbocycles. The maximum absolute atomic E-state index is 2.53. The van der Waals surface area contributed by atoms with E-state index >= 15 is 0 Å². The third-order valence-corrected chi connectivity index (χ3v) is 12.0. The number of para-hydroxylation sites is 2. The number of hydrogen-bond donors (Lipinski definition) is 0. The molecule has 0 atom stereocenters. The van der Waals surface area contributed by atoms with Crippen molar-refractivity contribution in [2.45, 2.75) is 27.7 Å². The van der Waals surface area contributed by atoms with E-state index in [0.717, 1.165) is 22.6 Å². The number of nitrogens with zero attached hydrogens (tertiary/aromatic N) is 2. The summed E-state index contributed by atoms with van der Waals surface area (Å²) in [6, 6.07) is 75.6. The van der Waals surface area contributed by atoms with Crippen LogP contribution in [0.1, 0.15) is 22.3 Å². The molecule has 0 unspecified atom stereocenters. The number of aromatic nitrogens is 1. The summed E-state index contributed by atoms with van der Waals surface area (Å²) in [4.78, 5) is 2.43. The molecule has 288 valence electrons. The molecule has 9 aromatic carbocycles. The SMILES string of the molecule is Cc1ccc(-c2cccc(-c3ccc(C)cc3C)c2-n2c3ccccc3c3c(N(c4ccc(-c5ccccc5)cc4)c4ccc(-c5ccccc5)cc4)cccc32)c(C)c1. The zero-order valence-electron chi connectivity index (χ0n) is 34.5. The zero-order chi connectivity index (χ0) is 40.7. The van der Waals surface area contributed by atoms with Crippen LogP contribution >= 0.6 is 0 Å². The van der Waals surface area contributed by atoms with Crippen LogP contribution in [0.15, 0.2) is 206 Å². The normalized spacial score (nSPS) is 11.3. The highest BCUT2D eigenvalue weighted by atomic mass is 15.1. The van der Waals surface area contributed by atoms with Gasteiger partial charge in [-0.15, -0.1) is 0 Å². The molecule has 0 saturated carbocycles. The van der Waals surface area contributed by atoms with Crippen LogP contribution in [0.2, 0.25) is 0 Å². The number of anilines is 3. The second kappa shape index (κ2) is 15.4. The van der Waals surface area contributed by atoms with E-state index in [1.807, 2.05) is 0 Å². The Morgan fingerprint density at radius 3 is 1.32 bits per heavy atom. The molecular weight excluding hydrogens is 725 g/mol. The molecule has 10 aromatic rings. The van der Waals surface area contributed by atoms with Gasteiger partial charge in [-0.2, -0.15) is 0 Å². The zero-order valence-corrected chi connectivity index (χ0v) is 34.5. The van der Waals surface area contributed by atoms with Gasteiger partial charge in [0.2, 0.25) is 0 Å². The Bertz CT molecular complexity index is 3000. The summed E-state index contributed by atoms with van der Waals surface area (Å²) in [5.41, 5.74) is 21.6. The summed E-state index contributed by atoms with van der Waals surface area (Å²) >= 11 is 0. The molecule has 60 heavy (non-hydrogen) atoms. The van der Waals surface area contributed by atoms with Gasteiger partial charge in [-0.25, -0.2) is 0 Å². The van der Waals surface area contributed by atoms with E-state index in [1.54, 1.807) is 0 Å². The van der Waals surface area contributed by atoms with E-state index in [2.05, 4.69) is 243 Å². The highest BCUT2D eigenvalue weighted by molar-refractivity contribution is 6.17. The minimum atomic E-state index is 1.10. The largest absolute Gasteiger partial charge is 0.310 e. The average molecular weight is 771 g/mol. The molecule has 0 fully saturated rings.